The summed E-state index contributed by atoms with van der Waals surface area (Å²) >= 11 is 3.41. The van der Waals surface area contributed by atoms with Crippen LogP contribution in [0.3, 0.4) is 0 Å². The first kappa shape index (κ1) is 10.6. The van der Waals surface area contributed by atoms with E-state index in [1.807, 2.05) is 6.07 Å². The van der Waals surface area contributed by atoms with Crippen molar-refractivity contribution < 1.29 is 4.74 Å². The number of halogens is 1. The molecule has 1 aromatic heterocycles. The third-order valence-corrected chi connectivity index (χ3v) is 4.46. The van der Waals surface area contributed by atoms with Crippen molar-refractivity contribution in [1.29, 1.82) is 0 Å². The van der Waals surface area contributed by atoms with Crippen LogP contribution in [0.5, 0.6) is 5.75 Å². The van der Waals surface area contributed by atoms with Crippen molar-refractivity contribution in [3.63, 3.8) is 0 Å². The fourth-order valence-electron chi connectivity index (χ4n) is 3.26. The molecule has 0 radical (unpaired) electrons. The van der Waals surface area contributed by atoms with Crippen LogP contribution in [0.2, 0.25) is 0 Å². The number of fused-ring (bicyclic) bond motifs is 2. The van der Waals surface area contributed by atoms with Gasteiger partial charge < -0.3 is 4.74 Å². The summed E-state index contributed by atoms with van der Waals surface area (Å²) in [5, 5.41) is 0. The van der Waals surface area contributed by atoms with Gasteiger partial charge >= 0.3 is 0 Å². The third kappa shape index (κ3) is 2.10. The van der Waals surface area contributed by atoms with Gasteiger partial charge in [0.15, 0.2) is 0 Å². The van der Waals surface area contributed by atoms with Crippen molar-refractivity contribution in [2.75, 3.05) is 6.61 Å². The molecule has 2 fully saturated rings. The molecular formula is C13H16BrNO. The van der Waals surface area contributed by atoms with E-state index in [4.69, 9.17) is 4.74 Å². The summed E-state index contributed by atoms with van der Waals surface area (Å²) in [7, 11) is 0. The van der Waals surface area contributed by atoms with Crippen LogP contribution in [0.1, 0.15) is 25.7 Å². The largest absolute Gasteiger partial charge is 0.492 e. The number of nitrogens with zero attached hydrogens (tertiary/aromatic N) is 1. The Kier molecular flexibility index (Phi) is 2.88. The SMILES string of the molecule is Brc1cncc(OCC2CC3CCC2C3)c1. The Hall–Kier alpha value is -0.570. The van der Waals surface area contributed by atoms with Crippen LogP contribution in [-0.2, 0) is 0 Å². The molecule has 2 bridgehead atoms. The Balaban J connectivity index is 1.57. The van der Waals surface area contributed by atoms with E-state index in [0.717, 1.165) is 34.6 Å². The second-order valence-corrected chi connectivity index (χ2v) is 6.00. The van der Waals surface area contributed by atoms with Crippen LogP contribution >= 0.6 is 15.9 Å². The van der Waals surface area contributed by atoms with Crippen molar-refractivity contribution in [2.45, 2.75) is 25.7 Å². The topological polar surface area (TPSA) is 22.1 Å². The maximum atomic E-state index is 5.83. The number of pyridine rings is 1. The Labute approximate surface area is 105 Å². The lowest BCUT2D eigenvalue weighted by atomic mass is 9.90. The van der Waals surface area contributed by atoms with E-state index in [1.54, 1.807) is 12.4 Å². The highest BCUT2D eigenvalue weighted by Crippen LogP contribution is 2.48. The molecule has 3 heteroatoms. The molecule has 16 heavy (non-hydrogen) atoms. The molecule has 0 saturated heterocycles. The van der Waals surface area contributed by atoms with Crippen LogP contribution < -0.4 is 4.74 Å². The normalized spacial score (nSPS) is 31.9. The Morgan fingerprint density at radius 3 is 2.94 bits per heavy atom. The molecule has 0 aromatic carbocycles. The second-order valence-electron chi connectivity index (χ2n) is 5.08. The molecule has 0 aliphatic heterocycles. The molecule has 0 amide bonds. The van der Waals surface area contributed by atoms with Gasteiger partial charge in [0.1, 0.15) is 5.75 Å². The van der Waals surface area contributed by atoms with Crippen molar-refractivity contribution in [2.24, 2.45) is 17.8 Å². The Morgan fingerprint density at radius 2 is 2.25 bits per heavy atom. The number of hydrogen-bond donors (Lipinski definition) is 0. The molecular weight excluding hydrogens is 266 g/mol. The Morgan fingerprint density at radius 1 is 1.31 bits per heavy atom. The smallest absolute Gasteiger partial charge is 0.138 e. The molecule has 86 valence electrons. The first-order valence-electron chi connectivity index (χ1n) is 6.04. The monoisotopic (exact) mass is 281 g/mol. The van der Waals surface area contributed by atoms with E-state index in [-0.39, 0.29) is 0 Å². The quantitative estimate of drug-likeness (QED) is 0.844. The molecule has 0 spiro atoms. The lowest BCUT2D eigenvalue weighted by Gasteiger charge is -2.21. The molecule has 2 aliphatic carbocycles. The standard InChI is InChI=1S/C13H16BrNO/c14-12-5-13(7-15-6-12)16-8-11-4-9-1-2-10(11)3-9/h5-7,9-11H,1-4,8H2. The van der Waals surface area contributed by atoms with Crippen molar-refractivity contribution in [1.82, 2.24) is 4.98 Å². The van der Waals surface area contributed by atoms with Gasteiger partial charge in [0.2, 0.25) is 0 Å². The molecule has 0 N–H and O–H groups in total. The highest BCUT2D eigenvalue weighted by molar-refractivity contribution is 9.10. The molecule has 2 nitrogen and oxygen atoms in total. The fourth-order valence-corrected chi connectivity index (χ4v) is 3.60. The number of aromatic nitrogens is 1. The van der Waals surface area contributed by atoms with Gasteiger partial charge in [0, 0.05) is 10.7 Å². The molecule has 3 rings (SSSR count). The summed E-state index contributed by atoms with van der Waals surface area (Å²) in [6.07, 6.45) is 9.29. The number of hydrogen-bond acceptors (Lipinski definition) is 2. The third-order valence-electron chi connectivity index (χ3n) is 4.03. The minimum absolute atomic E-state index is 0.790. The van der Waals surface area contributed by atoms with Crippen molar-refractivity contribution >= 4 is 15.9 Å². The van der Waals surface area contributed by atoms with Crippen LogP contribution in [0, 0.1) is 17.8 Å². The van der Waals surface area contributed by atoms with Gasteiger partial charge in [-0.25, -0.2) is 0 Å². The van der Waals surface area contributed by atoms with E-state index >= 15 is 0 Å². The van der Waals surface area contributed by atoms with Gasteiger partial charge in [-0.1, -0.05) is 6.42 Å². The average molecular weight is 282 g/mol. The van der Waals surface area contributed by atoms with Crippen molar-refractivity contribution in [3.05, 3.63) is 22.9 Å². The zero-order valence-electron chi connectivity index (χ0n) is 9.23. The molecule has 3 unspecified atom stereocenters. The molecule has 1 heterocycles. The summed E-state index contributed by atoms with van der Waals surface area (Å²) in [5.74, 6) is 3.61. The van der Waals surface area contributed by atoms with E-state index in [9.17, 15) is 0 Å². The van der Waals surface area contributed by atoms with Gasteiger partial charge in [0.05, 0.1) is 12.8 Å². The van der Waals surface area contributed by atoms with Crippen LogP contribution in [0.4, 0.5) is 0 Å². The maximum Gasteiger partial charge on any atom is 0.138 e. The van der Waals surface area contributed by atoms with E-state index in [1.165, 1.54) is 25.7 Å². The summed E-state index contributed by atoms with van der Waals surface area (Å²) in [6, 6.07) is 1.99. The van der Waals surface area contributed by atoms with Crippen LogP contribution in [0.15, 0.2) is 22.9 Å². The molecule has 2 aliphatic rings. The van der Waals surface area contributed by atoms with Crippen molar-refractivity contribution in [3.8, 4) is 5.75 Å². The average Bonchev–Trinajstić information content (AvgIpc) is 2.88. The highest BCUT2D eigenvalue weighted by Gasteiger charge is 2.39. The van der Waals surface area contributed by atoms with Gasteiger partial charge in [-0.05, 0) is 59.0 Å². The molecule has 3 atom stereocenters. The maximum absolute atomic E-state index is 5.83. The van der Waals surface area contributed by atoms with E-state index in [2.05, 4.69) is 20.9 Å². The van der Waals surface area contributed by atoms with E-state index in [0.29, 0.717) is 0 Å². The minimum Gasteiger partial charge on any atom is -0.492 e. The van der Waals surface area contributed by atoms with Gasteiger partial charge in [-0.15, -0.1) is 0 Å². The summed E-state index contributed by atoms with van der Waals surface area (Å²) in [4.78, 5) is 4.11. The van der Waals surface area contributed by atoms with Gasteiger partial charge in [-0.2, -0.15) is 0 Å². The lowest BCUT2D eigenvalue weighted by molar-refractivity contribution is 0.194. The predicted octanol–water partition coefficient (Wildman–Crippen LogP) is 3.66. The number of ether oxygens (including phenoxy) is 1. The predicted molar refractivity (Wildman–Crippen MR) is 66.4 cm³/mol. The number of rotatable bonds is 3. The first-order chi connectivity index (χ1) is 7.81. The van der Waals surface area contributed by atoms with Gasteiger partial charge in [0.25, 0.3) is 0 Å². The van der Waals surface area contributed by atoms with Gasteiger partial charge in [-0.3, -0.25) is 4.98 Å². The summed E-state index contributed by atoms with van der Waals surface area (Å²) in [6.45, 7) is 0.874. The lowest BCUT2D eigenvalue weighted by Crippen LogP contribution is -2.18. The molecule has 2 saturated carbocycles. The zero-order chi connectivity index (χ0) is 11.0. The second kappa shape index (κ2) is 4.36. The first-order valence-corrected chi connectivity index (χ1v) is 6.84. The van der Waals surface area contributed by atoms with Crippen LogP contribution in [-0.4, -0.2) is 11.6 Å². The molecule has 1 aromatic rings. The minimum atomic E-state index is 0.790. The summed E-state index contributed by atoms with van der Waals surface area (Å²) < 4.78 is 6.82. The van der Waals surface area contributed by atoms with Crippen LogP contribution in [0.25, 0.3) is 0 Å². The summed E-state index contributed by atoms with van der Waals surface area (Å²) in [5.41, 5.74) is 0. The zero-order valence-corrected chi connectivity index (χ0v) is 10.8. The van der Waals surface area contributed by atoms with E-state index < -0.39 is 0 Å². The fraction of sp³-hybridized carbons (Fsp3) is 0.615. The Bertz CT molecular complexity index is 382. The highest BCUT2D eigenvalue weighted by atomic mass is 79.9.